The number of hydrogen-bond donors (Lipinski definition) is 1. The number of pyridine rings is 1. The van der Waals surface area contributed by atoms with Crippen LogP contribution in [0.15, 0.2) is 95.2 Å². The third-order valence-electron chi connectivity index (χ3n) is 7.78. The number of para-hydroxylation sites is 1. The summed E-state index contributed by atoms with van der Waals surface area (Å²) in [6, 6.07) is 21.5. The highest BCUT2D eigenvalue weighted by atomic mass is 14.8. The molecule has 0 radical (unpaired) electrons. The molecule has 36 heavy (non-hydrogen) atoms. The summed E-state index contributed by atoms with van der Waals surface area (Å²) < 4.78 is 0. The molecule has 0 spiro atoms. The predicted molar refractivity (Wildman–Crippen MR) is 147 cm³/mol. The van der Waals surface area contributed by atoms with Gasteiger partial charge in [-0.2, -0.15) is 0 Å². The van der Waals surface area contributed by atoms with Crippen LogP contribution in [0.4, 0.5) is 0 Å². The number of fused-ring (bicyclic) bond motifs is 6. The van der Waals surface area contributed by atoms with Gasteiger partial charge in [0.15, 0.2) is 0 Å². The summed E-state index contributed by atoms with van der Waals surface area (Å²) >= 11 is 0. The standard InChI is InChI=1S/C33H21N3/c34-18-29-24-15-22-3-1-6-28(31(22)29)30-14-12-21-10-9-19-7-8-20(11-13-27(19)32(21)36-30)26-5-2-4-23-16-25(17-24)35-33(23)26/h1-12,14-18,29,34H,13H2/b25-17-,34-18?. The average molecular weight is 460 g/mol. The van der Waals surface area contributed by atoms with E-state index in [-0.39, 0.29) is 5.92 Å². The molecule has 8 rings (SSSR count). The Labute approximate surface area is 208 Å². The highest BCUT2D eigenvalue weighted by Gasteiger charge is 2.27. The maximum atomic E-state index is 8.35. The van der Waals surface area contributed by atoms with Crippen LogP contribution in [0.25, 0.3) is 46.0 Å². The van der Waals surface area contributed by atoms with E-state index in [1.165, 1.54) is 16.7 Å². The summed E-state index contributed by atoms with van der Waals surface area (Å²) in [5.74, 6) is -0.125. The van der Waals surface area contributed by atoms with Crippen molar-refractivity contribution < 1.29 is 0 Å². The second kappa shape index (κ2) is 7.19. The summed E-state index contributed by atoms with van der Waals surface area (Å²) in [5.41, 5.74) is 12.2. The first kappa shape index (κ1) is 19.7. The maximum absolute atomic E-state index is 8.35. The van der Waals surface area contributed by atoms with E-state index in [1.54, 1.807) is 6.21 Å². The fraction of sp³-hybridized carbons (Fsp3) is 0.0606. The van der Waals surface area contributed by atoms with Gasteiger partial charge in [-0.15, -0.1) is 0 Å². The third-order valence-corrected chi connectivity index (χ3v) is 7.78. The molecule has 0 fully saturated rings. The summed E-state index contributed by atoms with van der Waals surface area (Å²) in [6.07, 6.45) is 15.6. The lowest BCUT2D eigenvalue weighted by Gasteiger charge is -2.16. The first-order valence-corrected chi connectivity index (χ1v) is 12.3. The minimum absolute atomic E-state index is 0.125. The lowest BCUT2D eigenvalue weighted by atomic mass is 9.90. The Balaban J connectivity index is 1.50. The average Bonchev–Trinajstić information content (AvgIpc) is 3.40. The molecule has 3 nitrogen and oxygen atoms in total. The van der Waals surface area contributed by atoms with E-state index in [4.69, 9.17) is 15.4 Å². The summed E-state index contributed by atoms with van der Waals surface area (Å²) in [6.45, 7) is 0. The molecule has 0 saturated heterocycles. The summed E-state index contributed by atoms with van der Waals surface area (Å²) in [5, 5.41) is 11.7. The van der Waals surface area contributed by atoms with Crippen molar-refractivity contribution in [3.05, 3.63) is 129 Å². The zero-order chi connectivity index (χ0) is 23.8. The number of aromatic nitrogens is 1. The van der Waals surface area contributed by atoms with Crippen LogP contribution in [-0.4, -0.2) is 11.2 Å². The molecule has 168 valence electrons. The van der Waals surface area contributed by atoms with Crippen LogP contribution in [0.3, 0.4) is 0 Å². The number of allylic oxidation sites excluding steroid dienone is 6. The van der Waals surface area contributed by atoms with Gasteiger partial charge in [0.05, 0.1) is 22.3 Å². The largest absolute Gasteiger partial charge is 0.312 e. The first-order valence-electron chi connectivity index (χ1n) is 12.3. The molecule has 4 aliphatic rings. The van der Waals surface area contributed by atoms with Gasteiger partial charge >= 0.3 is 0 Å². The number of hydrogen-bond acceptors (Lipinski definition) is 3. The van der Waals surface area contributed by atoms with E-state index in [1.807, 2.05) is 0 Å². The highest BCUT2D eigenvalue weighted by Crippen LogP contribution is 2.42. The molecule has 1 N–H and O–H groups in total. The second-order valence-electron chi connectivity index (χ2n) is 9.76. The Hall–Kier alpha value is -4.63. The van der Waals surface area contributed by atoms with Crippen LogP contribution in [0.5, 0.6) is 0 Å². The third kappa shape index (κ3) is 2.71. The molecule has 1 unspecified atom stereocenters. The maximum Gasteiger partial charge on any atom is 0.0788 e. The van der Waals surface area contributed by atoms with Crippen molar-refractivity contribution in [3.8, 4) is 11.3 Å². The van der Waals surface area contributed by atoms with Crippen molar-refractivity contribution in [2.75, 3.05) is 0 Å². The van der Waals surface area contributed by atoms with E-state index in [0.717, 1.165) is 67.1 Å². The molecule has 0 amide bonds. The normalized spacial score (nSPS) is 19.4. The molecule has 1 atom stereocenters. The lowest BCUT2D eigenvalue weighted by Crippen LogP contribution is -2.24. The van der Waals surface area contributed by atoms with Crippen molar-refractivity contribution in [1.29, 1.82) is 5.41 Å². The van der Waals surface area contributed by atoms with E-state index in [2.05, 4.69) is 97.1 Å². The van der Waals surface area contributed by atoms with Gasteiger partial charge in [0.2, 0.25) is 0 Å². The fourth-order valence-corrected chi connectivity index (χ4v) is 6.07. The van der Waals surface area contributed by atoms with Crippen molar-refractivity contribution in [3.63, 3.8) is 0 Å². The smallest absolute Gasteiger partial charge is 0.0788 e. The number of benzene rings is 3. The highest BCUT2D eigenvalue weighted by molar-refractivity contribution is 5.93. The van der Waals surface area contributed by atoms with Crippen LogP contribution in [0.1, 0.15) is 33.7 Å². The Morgan fingerprint density at radius 3 is 2.67 bits per heavy atom. The Morgan fingerprint density at radius 2 is 1.72 bits per heavy atom. The number of nitrogens with one attached hydrogen (secondary N) is 1. The van der Waals surface area contributed by atoms with Crippen LogP contribution in [-0.2, 0) is 6.42 Å². The van der Waals surface area contributed by atoms with Crippen molar-refractivity contribution in [2.45, 2.75) is 12.3 Å². The Kier molecular flexibility index (Phi) is 3.92. The molecular formula is C33H21N3. The van der Waals surface area contributed by atoms with Gasteiger partial charge in [-0.25, -0.2) is 9.98 Å². The molecule has 0 saturated carbocycles. The lowest BCUT2D eigenvalue weighted by molar-refractivity contribution is 1.12. The molecule has 3 heteroatoms. The van der Waals surface area contributed by atoms with Crippen LogP contribution in [0.2, 0.25) is 0 Å². The second-order valence-corrected chi connectivity index (χ2v) is 9.76. The first-order chi connectivity index (χ1) is 17.8. The zero-order valence-electron chi connectivity index (χ0n) is 19.5. The molecule has 2 aliphatic heterocycles. The quantitative estimate of drug-likeness (QED) is 0.349. The van der Waals surface area contributed by atoms with Crippen molar-refractivity contribution >= 4 is 40.9 Å². The molecule has 4 aromatic rings. The minimum Gasteiger partial charge on any atom is -0.312 e. The van der Waals surface area contributed by atoms with E-state index >= 15 is 0 Å². The van der Waals surface area contributed by atoms with Gasteiger partial charge in [0, 0.05) is 33.9 Å². The molecule has 3 heterocycles. The Morgan fingerprint density at radius 1 is 0.833 bits per heavy atom. The number of nitrogens with zero attached hydrogens (tertiary/aromatic N) is 2. The summed E-state index contributed by atoms with van der Waals surface area (Å²) in [4.78, 5) is 10.3. The van der Waals surface area contributed by atoms with Crippen molar-refractivity contribution in [1.82, 2.24) is 4.98 Å². The van der Waals surface area contributed by atoms with Gasteiger partial charge < -0.3 is 5.41 Å². The zero-order valence-corrected chi connectivity index (χ0v) is 19.5. The van der Waals surface area contributed by atoms with Gasteiger partial charge in [-0.1, -0.05) is 78.9 Å². The van der Waals surface area contributed by atoms with E-state index in [9.17, 15) is 0 Å². The van der Waals surface area contributed by atoms with Gasteiger partial charge in [0.1, 0.15) is 0 Å². The van der Waals surface area contributed by atoms with Gasteiger partial charge in [0.25, 0.3) is 0 Å². The minimum atomic E-state index is -0.125. The van der Waals surface area contributed by atoms with E-state index < -0.39 is 0 Å². The monoisotopic (exact) mass is 459 g/mol. The van der Waals surface area contributed by atoms with Gasteiger partial charge in [-0.3, -0.25) is 0 Å². The fourth-order valence-electron chi connectivity index (χ4n) is 6.07. The predicted octanol–water partition coefficient (Wildman–Crippen LogP) is 6.00. The topological polar surface area (TPSA) is 49.1 Å². The van der Waals surface area contributed by atoms with Crippen molar-refractivity contribution in [2.24, 2.45) is 4.99 Å². The molecular weight excluding hydrogens is 438 g/mol. The van der Waals surface area contributed by atoms with Crippen LogP contribution < -0.4 is 10.6 Å². The SMILES string of the molecule is N=CC1C2=Cc3cccc(c31)-c1ccc3ccc4c(c3n1)CC=C(C=C4)c1cccc3c1=N/C(=C\2)C=3. The summed E-state index contributed by atoms with van der Waals surface area (Å²) in [7, 11) is 0. The molecule has 3 aromatic carbocycles. The van der Waals surface area contributed by atoms with Crippen LogP contribution >= 0.6 is 0 Å². The van der Waals surface area contributed by atoms with Gasteiger partial charge in [-0.05, 0) is 58.0 Å². The van der Waals surface area contributed by atoms with Crippen LogP contribution in [0, 0.1) is 5.41 Å². The molecule has 8 bridgehead atoms. The number of rotatable bonds is 1. The Bertz CT molecular complexity index is 1930. The van der Waals surface area contributed by atoms with E-state index in [0.29, 0.717) is 0 Å². The molecule has 2 aliphatic carbocycles. The molecule has 1 aromatic heterocycles.